The summed E-state index contributed by atoms with van der Waals surface area (Å²) in [6.45, 7) is 11.0. The molecule has 0 aromatic rings. The standard InChI is InChI=1S/C15H30N2O/c1-6-9-14-16-13(8-3)15(18)17(14)12(5)10-11(4)7-2/h11-14,16H,6-10H2,1-5H3. The summed E-state index contributed by atoms with van der Waals surface area (Å²) < 4.78 is 0. The van der Waals surface area contributed by atoms with Crippen molar-refractivity contribution in [1.82, 2.24) is 10.2 Å². The first-order valence-electron chi connectivity index (χ1n) is 7.63. The molecule has 1 rings (SSSR count). The van der Waals surface area contributed by atoms with Gasteiger partial charge in [-0.15, -0.1) is 0 Å². The summed E-state index contributed by atoms with van der Waals surface area (Å²) in [5, 5.41) is 3.49. The lowest BCUT2D eigenvalue weighted by Crippen LogP contribution is -2.43. The molecule has 0 aromatic carbocycles. The third-order valence-corrected chi connectivity index (χ3v) is 4.17. The largest absolute Gasteiger partial charge is 0.323 e. The molecule has 1 heterocycles. The monoisotopic (exact) mass is 254 g/mol. The van der Waals surface area contributed by atoms with Crippen LogP contribution in [0, 0.1) is 5.92 Å². The number of carbonyl (C=O) groups excluding carboxylic acids is 1. The molecule has 1 aliphatic heterocycles. The average Bonchev–Trinajstić information content (AvgIpc) is 2.66. The lowest BCUT2D eigenvalue weighted by molar-refractivity contribution is -0.132. The quantitative estimate of drug-likeness (QED) is 0.757. The van der Waals surface area contributed by atoms with E-state index in [2.05, 4.69) is 44.8 Å². The normalized spacial score (nSPS) is 27.6. The second-order valence-electron chi connectivity index (χ2n) is 5.78. The van der Waals surface area contributed by atoms with Crippen molar-refractivity contribution in [1.29, 1.82) is 0 Å². The SMILES string of the molecule is CCCC1NC(CC)C(=O)N1C(C)CC(C)CC. The van der Waals surface area contributed by atoms with Crippen molar-refractivity contribution in [2.75, 3.05) is 0 Å². The van der Waals surface area contributed by atoms with Crippen molar-refractivity contribution in [3.05, 3.63) is 0 Å². The van der Waals surface area contributed by atoms with E-state index < -0.39 is 0 Å². The van der Waals surface area contributed by atoms with Crippen LogP contribution in [-0.4, -0.2) is 29.1 Å². The fraction of sp³-hybridized carbons (Fsp3) is 0.933. The fourth-order valence-corrected chi connectivity index (χ4v) is 2.89. The topological polar surface area (TPSA) is 32.3 Å². The Bertz CT molecular complexity index is 267. The van der Waals surface area contributed by atoms with Gasteiger partial charge >= 0.3 is 0 Å². The Labute approximate surface area is 112 Å². The molecule has 3 heteroatoms. The number of hydrogen-bond donors (Lipinski definition) is 1. The molecule has 4 unspecified atom stereocenters. The highest BCUT2D eigenvalue weighted by Crippen LogP contribution is 2.24. The Morgan fingerprint density at radius 2 is 1.94 bits per heavy atom. The number of amides is 1. The summed E-state index contributed by atoms with van der Waals surface area (Å²) in [6, 6.07) is 0.397. The first-order chi connectivity index (χ1) is 8.54. The van der Waals surface area contributed by atoms with Crippen LogP contribution in [0.1, 0.15) is 66.7 Å². The smallest absolute Gasteiger partial charge is 0.241 e. The van der Waals surface area contributed by atoms with Crippen molar-refractivity contribution in [3.63, 3.8) is 0 Å². The summed E-state index contributed by atoms with van der Waals surface area (Å²) in [7, 11) is 0. The molecule has 1 N–H and O–H groups in total. The van der Waals surface area contributed by atoms with Crippen molar-refractivity contribution >= 4 is 5.91 Å². The van der Waals surface area contributed by atoms with Gasteiger partial charge in [-0.3, -0.25) is 10.1 Å². The molecule has 18 heavy (non-hydrogen) atoms. The van der Waals surface area contributed by atoms with E-state index in [1.807, 2.05) is 0 Å². The summed E-state index contributed by atoms with van der Waals surface area (Å²) in [6.07, 6.45) is 5.63. The van der Waals surface area contributed by atoms with Crippen molar-refractivity contribution in [2.24, 2.45) is 5.92 Å². The van der Waals surface area contributed by atoms with Crippen LogP contribution in [0.25, 0.3) is 0 Å². The van der Waals surface area contributed by atoms with Crippen LogP contribution in [0.2, 0.25) is 0 Å². The van der Waals surface area contributed by atoms with Crippen LogP contribution in [0.5, 0.6) is 0 Å². The van der Waals surface area contributed by atoms with E-state index in [-0.39, 0.29) is 12.2 Å². The number of carbonyl (C=O) groups is 1. The Morgan fingerprint density at radius 1 is 1.28 bits per heavy atom. The van der Waals surface area contributed by atoms with E-state index in [1.54, 1.807) is 0 Å². The maximum Gasteiger partial charge on any atom is 0.241 e. The molecular formula is C15H30N2O. The Kier molecular flexibility index (Phi) is 6.13. The Hall–Kier alpha value is -0.570. The summed E-state index contributed by atoms with van der Waals surface area (Å²) in [4.78, 5) is 14.5. The molecule has 3 nitrogen and oxygen atoms in total. The van der Waals surface area contributed by atoms with Gasteiger partial charge in [0.25, 0.3) is 0 Å². The molecule has 0 aromatic heterocycles. The zero-order chi connectivity index (χ0) is 13.7. The fourth-order valence-electron chi connectivity index (χ4n) is 2.89. The van der Waals surface area contributed by atoms with Gasteiger partial charge in [0.15, 0.2) is 0 Å². The highest BCUT2D eigenvalue weighted by atomic mass is 16.2. The number of nitrogens with one attached hydrogen (secondary N) is 1. The van der Waals surface area contributed by atoms with Gasteiger partial charge in [-0.2, -0.15) is 0 Å². The average molecular weight is 254 g/mol. The minimum Gasteiger partial charge on any atom is -0.323 e. The second kappa shape index (κ2) is 7.13. The van der Waals surface area contributed by atoms with Crippen molar-refractivity contribution in [2.45, 2.75) is 85.0 Å². The van der Waals surface area contributed by atoms with Crippen LogP contribution in [0.3, 0.4) is 0 Å². The molecule has 0 saturated carbocycles. The highest BCUT2D eigenvalue weighted by molar-refractivity contribution is 5.84. The molecule has 1 aliphatic rings. The zero-order valence-corrected chi connectivity index (χ0v) is 12.7. The van der Waals surface area contributed by atoms with E-state index in [1.165, 1.54) is 6.42 Å². The number of nitrogens with zero attached hydrogens (tertiary/aromatic N) is 1. The molecule has 1 amide bonds. The highest BCUT2D eigenvalue weighted by Gasteiger charge is 2.39. The van der Waals surface area contributed by atoms with Gasteiger partial charge in [-0.25, -0.2) is 0 Å². The minimum absolute atomic E-state index is 0.0425. The molecule has 1 fully saturated rings. The van der Waals surface area contributed by atoms with Gasteiger partial charge in [0.2, 0.25) is 5.91 Å². The third-order valence-electron chi connectivity index (χ3n) is 4.17. The Balaban J connectivity index is 2.71. The molecule has 0 spiro atoms. The van der Waals surface area contributed by atoms with Gasteiger partial charge in [0.1, 0.15) is 0 Å². The molecular weight excluding hydrogens is 224 g/mol. The summed E-state index contributed by atoms with van der Waals surface area (Å²) >= 11 is 0. The maximum atomic E-state index is 12.4. The molecule has 0 aliphatic carbocycles. The van der Waals surface area contributed by atoms with Gasteiger partial charge in [-0.05, 0) is 32.1 Å². The molecule has 1 saturated heterocycles. The lowest BCUT2D eigenvalue weighted by atomic mass is 9.99. The molecule has 4 atom stereocenters. The second-order valence-corrected chi connectivity index (χ2v) is 5.78. The Morgan fingerprint density at radius 3 is 2.44 bits per heavy atom. The first-order valence-corrected chi connectivity index (χ1v) is 7.63. The predicted octanol–water partition coefficient (Wildman–Crippen LogP) is 3.15. The van der Waals surface area contributed by atoms with Crippen molar-refractivity contribution in [3.8, 4) is 0 Å². The first kappa shape index (κ1) is 15.5. The van der Waals surface area contributed by atoms with Crippen LogP contribution >= 0.6 is 0 Å². The van der Waals surface area contributed by atoms with E-state index in [4.69, 9.17) is 0 Å². The summed E-state index contributed by atoms with van der Waals surface area (Å²) in [5.74, 6) is 1.00. The lowest BCUT2D eigenvalue weighted by Gasteiger charge is -2.31. The van der Waals surface area contributed by atoms with Gasteiger partial charge < -0.3 is 4.90 Å². The zero-order valence-electron chi connectivity index (χ0n) is 12.7. The van der Waals surface area contributed by atoms with Crippen LogP contribution in [0.4, 0.5) is 0 Å². The van der Waals surface area contributed by atoms with Crippen LogP contribution < -0.4 is 5.32 Å². The van der Waals surface area contributed by atoms with E-state index in [9.17, 15) is 4.79 Å². The van der Waals surface area contributed by atoms with Crippen molar-refractivity contribution < 1.29 is 4.79 Å². The van der Waals surface area contributed by atoms with Gasteiger partial charge in [0.05, 0.1) is 12.2 Å². The van der Waals surface area contributed by atoms with Gasteiger partial charge in [0, 0.05) is 6.04 Å². The maximum absolute atomic E-state index is 12.4. The minimum atomic E-state index is 0.0425. The predicted molar refractivity (Wildman–Crippen MR) is 76.3 cm³/mol. The summed E-state index contributed by atoms with van der Waals surface area (Å²) in [5.41, 5.74) is 0. The molecule has 0 bridgehead atoms. The number of rotatable bonds is 7. The van der Waals surface area contributed by atoms with E-state index >= 15 is 0 Å². The van der Waals surface area contributed by atoms with Gasteiger partial charge in [-0.1, -0.05) is 40.5 Å². The van der Waals surface area contributed by atoms with E-state index in [0.29, 0.717) is 17.9 Å². The van der Waals surface area contributed by atoms with Crippen LogP contribution in [-0.2, 0) is 4.79 Å². The van der Waals surface area contributed by atoms with E-state index in [0.717, 1.165) is 25.7 Å². The molecule has 0 radical (unpaired) electrons. The third kappa shape index (κ3) is 3.47. The molecule has 106 valence electrons. The van der Waals surface area contributed by atoms with Crippen LogP contribution in [0.15, 0.2) is 0 Å². The number of hydrogen-bond acceptors (Lipinski definition) is 2.